The van der Waals surface area contributed by atoms with Crippen LogP contribution in [-0.2, 0) is 0 Å². The second-order valence-electron chi connectivity index (χ2n) is 6.39. The molecule has 1 atom stereocenters. The Kier molecular flexibility index (Phi) is 6.58. The fourth-order valence-electron chi connectivity index (χ4n) is 2.89. The van der Waals surface area contributed by atoms with E-state index in [0.29, 0.717) is 23.4 Å². The van der Waals surface area contributed by atoms with Crippen LogP contribution in [0, 0.1) is 0 Å². The van der Waals surface area contributed by atoms with Gasteiger partial charge >= 0.3 is 0 Å². The van der Waals surface area contributed by atoms with Gasteiger partial charge in [-0.3, -0.25) is 9.59 Å². The van der Waals surface area contributed by atoms with Crippen LogP contribution in [0.25, 0.3) is 0 Å². The Morgan fingerprint density at radius 3 is 2.38 bits per heavy atom. The molecular formula is C23H23N3O3. The van der Waals surface area contributed by atoms with E-state index in [9.17, 15) is 9.59 Å². The van der Waals surface area contributed by atoms with Crippen LogP contribution in [0.2, 0.25) is 0 Å². The molecule has 2 N–H and O–H groups in total. The van der Waals surface area contributed by atoms with E-state index in [1.54, 1.807) is 42.6 Å². The predicted molar refractivity (Wildman–Crippen MR) is 112 cm³/mol. The van der Waals surface area contributed by atoms with Crippen molar-refractivity contribution in [3.63, 3.8) is 0 Å². The van der Waals surface area contributed by atoms with Gasteiger partial charge in [-0.25, -0.2) is 4.98 Å². The van der Waals surface area contributed by atoms with Crippen molar-refractivity contribution in [3.05, 3.63) is 89.6 Å². The summed E-state index contributed by atoms with van der Waals surface area (Å²) in [4.78, 5) is 29.7. The van der Waals surface area contributed by atoms with Crippen molar-refractivity contribution in [2.24, 2.45) is 0 Å². The Bertz CT molecular complexity index is 989. The van der Waals surface area contributed by atoms with E-state index in [1.165, 1.54) is 0 Å². The molecule has 2 aromatic carbocycles. The molecule has 2 amide bonds. The molecule has 0 radical (unpaired) electrons. The summed E-state index contributed by atoms with van der Waals surface area (Å²) >= 11 is 0. The van der Waals surface area contributed by atoms with Crippen LogP contribution in [0.4, 0.5) is 5.69 Å². The summed E-state index contributed by atoms with van der Waals surface area (Å²) in [7, 11) is 0. The number of anilines is 1. The average Bonchev–Trinajstić information content (AvgIpc) is 2.75. The third kappa shape index (κ3) is 4.99. The molecule has 0 saturated carbocycles. The topological polar surface area (TPSA) is 80.3 Å². The van der Waals surface area contributed by atoms with Gasteiger partial charge in [0.05, 0.1) is 23.9 Å². The summed E-state index contributed by atoms with van der Waals surface area (Å²) < 4.78 is 5.42. The van der Waals surface area contributed by atoms with E-state index in [1.807, 2.05) is 44.2 Å². The molecule has 6 nitrogen and oxygen atoms in total. The first-order valence-electron chi connectivity index (χ1n) is 9.44. The van der Waals surface area contributed by atoms with Crippen molar-refractivity contribution in [1.29, 1.82) is 0 Å². The number of para-hydroxylation sites is 1. The molecule has 0 aliphatic heterocycles. The maximum atomic E-state index is 12.8. The number of aromatic nitrogens is 1. The minimum Gasteiger partial charge on any atom is -0.477 e. The lowest BCUT2D eigenvalue weighted by Gasteiger charge is -2.16. The van der Waals surface area contributed by atoms with Crippen LogP contribution in [0.1, 0.15) is 46.2 Å². The van der Waals surface area contributed by atoms with Crippen molar-refractivity contribution >= 4 is 17.5 Å². The molecule has 0 bridgehead atoms. The van der Waals surface area contributed by atoms with Gasteiger partial charge in [-0.05, 0) is 43.7 Å². The molecule has 1 heterocycles. The van der Waals surface area contributed by atoms with E-state index in [-0.39, 0.29) is 17.8 Å². The number of rotatable bonds is 7. The lowest BCUT2D eigenvalue weighted by molar-refractivity contribution is 0.0940. The number of ether oxygens (including phenoxy) is 1. The molecule has 0 fully saturated rings. The number of nitrogens with one attached hydrogen (secondary N) is 2. The second-order valence-corrected chi connectivity index (χ2v) is 6.39. The van der Waals surface area contributed by atoms with E-state index >= 15 is 0 Å². The third-order valence-electron chi connectivity index (χ3n) is 4.36. The molecule has 29 heavy (non-hydrogen) atoms. The number of benzene rings is 2. The van der Waals surface area contributed by atoms with Gasteiger partial charge in [-0.1, -0.05) is 42.5 Å². The molecule has 0 aliphatic rings. The molecule has 148 valence electrons. The number of hydrogen-bond acceptors (Lipinski definition) is 4. The van der Waals surface area contributed by atoms with Gasteiger partial charge in [0, 0.05) is 6.20 Å². The molecule has 1 aromatic heterocycles. The van der Waals surface area contributed by atoms with Gasteiger partial charge in [0.15, 0.2) is 0 Å². The summed E-state index contributed by atoms with van der Waals surface area (Å²) in [5.74, 6) is -0.404. The molecule has 3 rings (SSSR count). The second kappa shape index (κ2) is 9.50. The zero-order valence-electron chi connectivity index (χ0n) is 16.4. The number of hydrogen-bond donors (Lipinski definition) is 2. The summed E-state index contributed by atoms with van der Waals surface area (Å²) in [5.41, 5.74) is 2.10. The van der Waals surface area contributed by atoms with Crippen LogP contribution in [0.15, 0.2) is 72.9 Å². The van der Waals surface area contributed by atoms with E-state index in [0.717, 1.165) is 5.56 Å². The number of carbonyl (C=O) groups excluding carboxylic acids is 2. The fourth-order valence-corrected chi connectivity index (χ4v) is 2.89. The van der Waals surface area contributed by atoms with Crippen LogP contribution in [0.5, 0.6) is 5.88 Å². The van der Waals surface area contributed by atoms with E-state index < -0.39 is 5.91 Å². The maximum absolute atomic E-state index is 12.8. The first kappa shape index (κ1) is 20.1. The molecule has 0 saturated heterocycles. The summed E-state index contributed by atoms with van der Waals surface area (Å²) in [6, 6.07) is 19.7. The number of amides is 2. The zero-order valence-corrected chi connectivity index (χ0v) is 16.4. The van der Waals surface area contributed by atoms with Gasteiger partial charge < -0.3 is 15.4 Å². The Labute approximate surface area is 169 Å². The normalized spacial score (nSPS) is 11.4. The number of pyridine rings is 1. The quantitative estimate of drug-likeness (QED) is 0.634. The SMILES string of the molecule is CCOc1ncccc1C(=O)Nc1ccccc1C(=O)N[C@H](C)c1ccccc1. The van der Waals surface area contributed by atoms with Crippen molar-refractivity contribution < 1.29 is 14.3 Å². The lowest BCUT2D eigenvalue weighted by Crippen LogP contribution is -2.28. The summed E-state index contributed by atoms with van der Waals surface area (Å²) in [6.07, 6.45) is 1.56. The summed E-state index contributed by atoms with van der Waals surface area (Å²) in [6.45, 7) is 4.13. The van der Waals surface area contributed by atoms with Crippen molar-refractivity contribution in [3.8, 4) is 5.88 Å². The van der Waals surface area contributed by atoms with Gasteiger partial charge in [0.25, 0.3) is 11.8 Å². The molecule has 6 heteroatoms. The monoisotopic (exact) mass is 389 g/mol. The highest BCUT2D eigenvalue weighted by atomic mass is 16.5. The Morgan fingerprint density at radius 2 is 1.62 bits per heavy atom. The first-order valence-corrected chi connectivity index (χ1v) is 9.44. The number of carbonyl (C=O) groups is 2. The van der Waals surface area contributed by atoms with Crippen LogP contribution in [0.3, 0.4) is 0 Å². The smallest absolute Gasteiger partial charge is 0.261 e. The Morgan fingerprint density at radius 1 is 0.931 bits per heavy atom. The first-order chi connectivity index (χ1) is 14.1. The van der Waals surface area contributed by atoms with Crippen LogP contribution >= 0.6 is 0 Å². The predicted octanol–water partition coefficient (Wildman–Crippen LogP) is 4.22. The minimum absolute atomic E-state index is 0.171. The third-order valence-corrected chi connectivity index (χ3v) is 4.36. The minimum atomic E-state index is -0.391. The van der Waals surface area contributed by atoms with E-state index in [4.69, 9.17) is 4.74 Å². The fraction of sp³-hybridized carbons (Fsp3) is 0.174. The standard InChI is InChI=1S/C23H23N3O3/c1-3-29-23-19(13-9-15-24-23)22(28)26-20-14-8-7-12-18(20)21(27)25-16(2)17-10-5-4-6-11-17/h4-16H,3H2,1-2H3,(H,25,27)(H,26,28)/t16-/m1/s1. The maximum Gasteiger partial charge on any atom is 0.261 e. The van der Waals surface area contributed by atoms with Gasteiger partial charge in [0.2, 0.25) is 5.88 Å². The molecular weight excluding hydrogens is 366 g/mol. The van der Waals surface area contributed by atoms with Gasteiger partial charge in [-0.15, -0.1) is 0 Å². The van der Waals surface area contributed by atoms with E-state index in [2.05, 4.69) is 15.6 Å². The van der Waals surface area contributed by atoms with Crippen LogP contribution in [-0.4, -0.2) is 23.4 Å². The Hall–Kier alpha value is -3.67. The lowest BCUT2D eigenvalue weighted by atomic mass is 10.1. The van der Waals surface area contributed by atoms with Gasteiger partial charge in [0.1, 0.15) is 5.56 Å². The molecule has 0 unspecified atom stereocenters. The highest BCUT2D eigenvalue weighted by Crippen LogP contribution is 2.21. The van der Waals surface area contributed by atoms with Crippen molar-refractivity contribution in [1.82, 2.24) is 10.3 Å². The molecule has 0 spiro atoms. The highest BCUT2D eigenvalue weighted by molar-refractivity contribution is 6.10. The molecule has 0 aliphatic carbocycles. The molecule has 3 aromatic rings. The van der Waals surface area contributed by atoms with Crippen LogP contribution < -0.4 is 15.4 Å². The average molecular weight is 389 g/mol. The van der Waals surface area contributed by atoms with Crippen molar-refractivity contribution in [2.45, 2.75) is 19.9 Å². The van der Waals surface area contributed by atoms with Gasteiger partial charge in [-0.2, -0.15) is 0 Å². The number of nitrogens with zero attached hydrogens (tertiary/aromatic N) is 1. The van der Waals surface area contributed by atoms with Crippen molar-refractivity contribution in [2.75, 3.05) is 11.9 Å². The largest absolute Gasteiger partial charge is 0.477 e. The highest BCUT2D eigenvalue weighted by Gasteiger charge is 2.18. The summed E-state index contributed by atoms with van der Waals surface area (Å²) in [5, 5.41) is 5.77. The Balaban J connectivity index is 1.78. The zero-order chi connectivity index (χ0) is 20.6.